The zero-order chi connectivity index (χ0) is 24.9. The van der Waals surface area contributed by atoms with Crippen molar-refractivity contribution in [1.82, 2.24) is 9.80 Å². The number of alkyl halides is 3. The summed E-state index contributed by atoms with van der Waals surface area (Å²) in [6.07, 6.45) is 3.16. The molecule has 3 heterocycles. The van der Waals surface area contributed by atoms with E-state index in [-0.39, 0.29) is 16.5 Å². The fourth-order valence-electron chi connectivity index (χ4n) is 5.07. The third-order valence-electron chi connectivity index (χ3n) is 6.80. The van der Waals surface area contributed by atoms with Gasteiger partial charge in [0.25, 0.3) is 5.91 Å². The molecule has 0 aliphatic carbocycles. The van der Waals surface area contributed by atoms with Gasteiger partial charge in [-0.2, -0.15) is 13.2 Å². The molecule has 2 atom stereocenters. The van der Waals surface area contributed by atoms with Crippen LogP contribution in [0.15, 0.2) is 18.2 Å². The molecule has 0 aromatic heterocycles. The quantitative estimate of drug-likeness (QED) is 0.597. The maximum absolute atomic E-state index is 13.8. The van der Waals surface area contributed by atoms with Crippen LogP contribution < -0.4 is 0 Å². The fraction of sp³-hybridized carbons (Fsp3) is 0.652. The molecule has 1 aromatic rings. The van der Waals surface area contributed by atoms with Gasteiger partial charge in [-0.15, -0.1) is 0 Å². The Labute approximate surface area is 200 Å². The molecule has 1 amide bonds. The van der Waals surface area contributed by atoms with Crippen LogP contribution in [-0.2, 0) is 9.53 Å². The Hall–Kier alpha value is -1.91. The van der Waals surface area contributed by atoms with Crippen molar-refractivity contribution in [3.63, 3.8) is 0 Å². The molecule has 190 valence electrons. The minimum atomic E-state index is -5.08. The largest absolute Gasteiger partial charge is 0.490 e. The molecule has 3 aliphatic heterocycles. The SMILES string of the molecule is O=C(O)C(F)(F)F.O=C(c1ccc(Cl)c(F)c1)N1CCCC2(CCCN2CC2CCCO2)CC1. The van der Waals surface area contributed by atoms with Crippen LogP contribution in [-0.4, -0.2) is 77.4 Å². The topological polar surface area (TPSA) is 70.1 Å². The summed E-state index contributed by atoms with van der Waals surface area (Å²) in [5, 5.41) is 7.18. The zero-order valence-electron chi connectivity index (χ0n) is 18.8. The number of carboxylic acids is 1. The number of carboxylic acid groups (broad SMARTS) is 1. The van der Waals surface area contributed by atoms with Crippen LogP contribution in [0.2, 0.25) is 5.02 Å². The summed E-state index contributed by atoms with van der Waals surface area (Å²) in [5.74, 6) is -3.38. The van der Waals surface area contributed by atoms with Gasteiger partial charge in [-0.1, -0.05) is 11.6 Å². The van der Waals surface area contributed by atoms with Crippen molar-refractivity contribution in [3.05, 3.63) is 34.6 Å². The first kappa shape index (κ1) is 26.7. The molecule has 0 saturated carbocycles. The van der Waals surface area contributed by atoms with Crippen molar-refractivity contribution in [2.45, 2.75) is 62.8 Å². The Morgan fingerprint density at radius 3 is 2.38 bits per heavy atom. The highest BCUT2D eigenvalue weighted by atomic mass is 35.5. The predicted octanol–water partition coefficient (Wildman–Crippen LogP) is 4.75. The van der Waals surface area contributed by atoms with Crippen LogP contribution in [0.1, 0.15) is 55.3 Å². The number of nitrogens with zero attached hydrogens (tertiary/aromatic N) is 2. The summed E-state index contributed by atoms with van der Waals surface area (Å²) in [7, 11) is 0. The molecular weight excluding hydrogens is 480 g/mol. The van der Waals surface area contributed by atoms with Gasteiger partial charge in [-0.05, 0) is 69.7 Å². The Morgan fingerprint density at radius 2 is 1.79 bits per heavy atom. The Kier molecular flexibility index (Phi) is 8.81. The van der Waals surface area contributed by atoms with E-state index in [2.05, 4.69) is 4.90 Å². The minimum absolute atomic E-state index is 0.0529. The van der Waals surface area contributed by atoms with E-state index in [0.29, 0.717) is 11.7 Å². The van der Waals surface area contributed by atoms with E-state index in [9.17, 15) is 22.4 Å². The third-order valence-corrected chi connectivity index (χ3v) is 7.11. The molecule has 2 unspecified atom stereocenters. The second kappa shape index (κ2) is 11.2. The molecule has 0 bridgehead atoms. The van der Waals surface area contributed by atoms with Crippen molar-refractivity contribution in [2.75, 3.05) is 32.8 Å². The molecule has 1 N–H and O–H groups in total. The average Bonchev–Trinajstić information content (AvgIpc) is 3.37. The normalized spacial score (nSPS) is 25.7. The lowest BCUT2D eigenvalue weighted by Crippen LogP contribution is -2.47. The molecule has 4 rings (SSSR count). The standard InChI is InChI=1S/C21H28ClFN2O2.C2HF3O2/c22-18-6-5-16(14-19(18)23)20(26)24-10-2-7-21(9-12-24)8-3-11-25(21)15-17-4-1-13-27-17;3-2(4,5)1(6)7/h5-6,14,17H,1-4,7-13,15H2;(H,6,7). The van der Waals surface area contributed by atoms with E-state index < -0.39 is 18.0 Å². The number of amides is 1. The smallest absolute Gasteiger partial charge is 0.475 e. The fourth-order valence-corrected chi connectivity index (χ4v) is 5.19. The molecule has 0 radical (unpaired) electrons. The third kappa shape index (κ3) is 6.60. The molecule has 1 spiro atoms. The summed E-state index contributed by atoms with van der Waals surface area (Å²) >= 11 is 5.75. The Bertz CT molecular complexity index is 879. The van der Waals surface area contributed by atoms with Gasteiger partial charge in [-0.25, -0.2) is 9.18 Å². The first-order valence-electron chi connectivity index (χ1n) is 11.4. The van der Waals surface area contributed by atoms with E-state index in [1.165, 1.54) is 37.8 Å². The van der Waals surface area contributed by atoms with Gasteiger partial charge in [0.05, 0.1) is 11.1 Å². The molecular formula is C23H29ClF4N2O4. The van der Waals surface area contributed by atoms with Crippen LogP contribution in [0, 0.1) is 5.82 Å². The lowest BCUT2D eigenvalue weighted by Gasteiger charge is -2.39. The van der Waals surface area contributed by atoms with Crippen molar-refractivity contribution < 1.29 is 37.0 Å². The highest BCUT2D eigenvalue weighted by Crippen LogP contribution is 2.39. The number of likely N-dealkylation sites (tertiary alicyclic amines) is 2. The van der Waals surface area contributed by atoms with Crippen molar-refractivity contribution >= 4 is 23.5 Å². The first-order valence-corrected chi connectivity index (χ1v) is 11.8. The van der Waals surface area contributed by atoms with Gasteiger partial charge in [0.1, 0.15) is 5.82 Å². The average molecular weight is 509 g/mol. The van der Waals surface area contributed by atoms with Crippen molar-refractivity contribution in [2.24, 2.45) is 0 Å². The maximum Gasteiger partial charge on any atom is 0.490 e. The predicted molar refractivity (Wildman–Crippen MR) is 117 cm³/mol. The van der Waals surface area contributed by atoms with E-state index in [4.69, 9.17) is 26.2 Å². The van der Waals surface area contributed by atoms with Gasteiger partial charge < -0.3 is 14.7 Å². The Balaban J connectivity index is 0.000000406. The number of carbonyl (C=O) groups excluding carboxylic acids is 1. The molecule has 34 heavy (non-hydrogen) atoms. The summed E-state index contributed by atoms with van der Waals surface area (Å²) in [6, 6.07) is 4.34. The lowest BCUT2D eigenvalue weighted by molar-refractivity contribution is -0.192. The molecule has 3 fully saturated rings. The van der Waals surface area contributed by atoms with Gasteiger partial charge in [-0.3, -0.25) is 9.69 Å². The molecule has 11 heteroatoms. The maximum atomic E-state index is 13.8. The number of benzene rings is 1. The van der Waals surface area contributed by atoms with Crippen LogP contribution in [0.25, 0.3) is 0 Å². The van der Waals surface area contributed by atoms with Gasteiger partial charge in [0.2, 0.25) is 0 Å². The first-order chi connectivity index (χ1) is 16.0. The number of hydrogen-bond donors (Lipinski definition) is 1. The summed E-state index contributed by atoms with van der Waals surface area (Å²) < 4.78 is 51.4. The molecule has 1 aromatic carbocycles. The summed E-state index contributed by atoms with van der Waals surface area (Å²) in [5.41, 5.74) is 0.585. The van der Waals surface area contributed by atoms with E-state index in [0.717, 1.165) is 52.0 Å². The van der Waals surface area contributed by atoms with E-state index >= 15 is 0 Å². The second-order valence-corrected chi connectivity index (χ2v) is 9.39. The van der Waals surface area contributed by atoms with E-state index in [1.807, 2.05) is 4.90 Å². The number of ether oxygens (including phenoxy) is 1. The van der Waals surface area contributed by atoms with Crippen molar-refractivity contribution in [1.29, 1.82) is 0 Å². The number of rotatable bonds is 3. The minimum Gasteiger partial charge on any atom is -0.475 e. The number of carbonyl (C=O) groups is 2. The van der Waals surface area contributed by atoms with E-state index in [1.54, 1.807) is 6.07 Å². The molecule has 3 saturated heterocycles. The molecule has 3 aliphatic rings. The van der Waals surface area contributed by atoms with Crippen LogP contribution >= 0.6 is 11.6 Å². The summed E-state index contributed by atoms with van der Waals surface area (Å²) in [4.78, 5) is 26.3. The van der Waals surface area contributed by atoms with Gasteiger partial charge in [0, 0.05) is 37.3 Å². The van der Waals surface area contributed by atoms with Gasteiger partial charge >= 0.3 is 12.1 Å². The van der Waals surface area contributed by atoms with Crippen LogP contribution in [0.4, 0.5) is 17.6 Å². The van der Waals surface area contributed by atoms with Crippen LogP contribution in [0.3, 0.4) is 0 Å². The number of halogens is 5. The van der Waals surface area contributed by atoms with Crippen molar-refractivity contribution in [3.8, 4) is 0 Å². The lowest BCUT2D eigenvalue weighted by atomic mass is 9.87. The molecule has 6 nitrogen and oxygen atoms in total. The Morgan fingerprint density at radius 1 is 1.12 bits per heavy atom. The monoisotopic (exact) mass is 508 g/mol. The second-order valence-electron chi connectivity index (χ2n) is 8.99. The number of aliphatic carboxylic acids is 1. The summed E-state index contributed by atoms with van der Waals surface area (Å²) in [6.45, 7) is 4.52. The van der Waals surface area contributed by atoms with Crippen LogP contribution in [0.5, 0.6) is 0 Å². The number of hydrogen-bond acceptors (Lipinski definition) is 4. The zero-order valence-corrected chi connectivity index (χ0v) is 19.5. The van der Waals surface area contributed by atoms with Gasteiger partial charge in [0.15, 0.2) is 0 Å². The highest BCUT2D eigenvalue weighted by molar-refractivity contribution is 6.30. The highest BCUT2D eigenvalue weighted by Gasteiger charge is 2.43.